The minimum Gasteiger partial charge on any atom is -0.497 e. The van der Waals surface area contributed by atoms with Crippen LogP contribution in [0.15, 0.2) is 47.4 Å². The van der Waals surface area contributed by atoms with Gasteiger partial charge in [0.25, 0.3) is 0 Å². The van der Waals surface area contributed by atoms with E-state index in [1.54, 1.807) is 18.2 Å². The average Bonchev–Trinajstić information content (AvgIpc) is 2.59. The maximum Gasteiger partial charge on any atom is 0.488 e. The zero-order valence-corrected chi connectivity index (χ0v) is 14.1. The number of benzene rings is 2. The highest BCUT2D eigenvalue weighted by atomic mass is 32.2. The van der Waals surface area contributed by atoms with Gasteiger partial charge in [-0.3, -0.25) is 0 Å². The molecule has 0 aliphatic rings. The van der Waals surface area contributed by atoms with Gasteiger partial charge in [0.15, 0.2) is 0 Å². The molecule has 2 aromatic rings. The van der Waals surface area contributed by atoms with Gasteiger partial charge in [-0.25, -0.2) is 13.1 Å². The van der Waals surface area contributed by atoms with Gasteiger partial charge in [0, 0.05) is 18.2 Å². The van der Waals surface area contributed by atoms with Gasteiger partial charge in [0.2, 0.25) is 10.0 Å². The Morgan fingerprint density at radius 3 is 2.46 bits per heavy atom. The van der Waals surface area contributed by atoms with Gasteiger partial charge in [-0.15, -0.1) is 0 Å². The fourth-order valence-electron chi connectivity index (χ4n) is 2.10. The minimum absolute atomic E-state index is 0.0153. The molecule has 0 bridgehead atoms. The van der Waals surface area contributed by atoms with E-state index in [0.29, 0.717) is 17.1 Å². The lowest BCUT2D eigenvalue weighted by Gasteiger charge is -2.12. The van der Waals surface area contributed by atoms with Crippen molar-refractivity contribution in [1.82, 2.24) is 4.72 Å². The summed E-state index contributed by atoms with van der Waals surface area (Å²) in [6.45, 7) is 0.0153. The van der Waals surface area contributed by atoms with Gasteiger partial charge in [0.05, 0.1) is 19.1 Å². The van der Waals surface area contributed by atoms with E-state index in [1.165, 1.54) is 38.5 Å². The predicted molar refractivity (Wildman–Crippen MR) is 89.8 cm³/mol. The molecule has 0 atom stereocenters. The molecule has 0 unspecified atom stereocenters. The molecule has 128 valence electrons. The van der Waals surface area contributed by atoms with E-state index < -0.39 is 17.1 Å². The second kappa shape index (κ2) is 7.67. The third-order valence-corrected chi connectivity index (χ3v) is 4.81. The van der Waals surface area contributed by atoms with Gasteiger partial charge < -0.3 is 19.5 Å². The van der Waals surface area contributed by atoms with Crippen molar-refractivity contribution >= 4 is 22.6 Å². The molecule has 0 spiro atoms. The first-order chi connectivity index (χ1) is 11.4. The number of methoxy groups -OCH3 is 2. The molecular weight excluding hydrogens is 333 g/mol. The maximum atomic E-state index is 12.4. The fourth-order valence-corrected chi connectivity index (χ4v) is 3.16. The van der Waals surface area contributed by atoms with Crippen molar-refractivity contribution in [3.8, 4) is 11.5 Å². The Kier molecular flexibility index (Phi) is 5.84. The Bertz CT molecular complexity index is 809. The molecule has 9 heteroatoms. The second-order valence-electron chi connectivity index (χ2n) is 4.95. The van der Waals surface area contributed by atoms with Gasteiger partial charge in [0.1, 0.15) is 11.5 Å². The predicted octanol–water partition coefficient (Wildman–Crippen LogP) is -0.138. The molecule has 0 saturated heterocycles. The highest BCUT2D eigenvalue weighted by Crippen LogP contribution is 2.24. The van der Waals surface area contributed by atoms with E-state index >= 15 is 0 Å². The number of ether oxygens (including phenoxy) is 2. The highest BCUT2D eigenvalue weighted by Gasteiger charge is 2.18. The number of hydrogen-bond donors (Lipinski definition) is 3. The van der Waals surface area contributed by atoms with Crippen LogP contribution in [0, 0.1) is 0 Å². The van der Waals surface area contributed by atoms with E-state index in [0.717, 1.165) is 0 Å². The molecule has 0 saturated carbocycles. The molecule has 24 heavy (non-hydrogen) atoms. The van der Waals surface area contributed by atoms with Gasteiger partial charge in [-0.1, -0.05) is 18.2 Å². The zero-order valence-electron chi connectivity index (χ0n) is 13.3. The highest BCUT2D eigenvalue weighted by molar-refractivity contribution is 7.89. The summed E-state index contributed by atoms with van der Waals surface area (Å²) < 4.78 is 37.5. The minimum atomic E-state index is -3.81. The Balaban J connectivity index is 2.20. The standard InChI is InChI=1S/C15H18BNO6S/c1-22-13-7-6-11(15(9-13)23-2)10-17-24(20,21)14-5-3-4-12(8-14)16(18)19/h3-9,17-19H,10H2,1-2H3. The topological polar surface area (TPSA) is 105 Å². The van der Waals surface area contributed by atoms with Gasteiger partial charge >= 0.3 is 7.12 Å². The summed E-state index contributed by atoms with van der Waals surface area (Å²) in [5, 5.41) is 18.3. The zero-order chi connectivity index (χ0) is 17.7. The van der Waals surface area contributed by atoms with Crippen LogP contribution in [0.3, 0.4) is 0 Å². The summed E-state index contributed by atoms with van der Waals surface area (Å²) in [4.78, 5) is -0.0550. The second-order valence-corrected chi connectivity index (χ2v) is 6.72. The van der Waals surface area contributed by atoms with Crippen LogP contribution in [0.1, 0.15) is 5.56 Å². The normalized spacial score (nSPS) is 11.2. The summed E-state index contributed by atoms with van der Waals surface area (Å²) in [6, 6.07) is 10.5. The number of hydrogen-bond acceptors (Lipinski definition) is 6. The van der Waals surface area contributed by atoms with E-state index in [-0.39, 0.29) is 16.9 Å². The monoisotopic (exact) mass is 351 g/mol. The molecule has 0 aliphatic heterocycles. The number of rotatable bonds is 7. The summed E-state index contributed by atoms with van der Waals surface area (Å²) in [7, 11) is -2.54. The van der Waals surface area contributed by atoms with Crippen LogP contribution < -0.4 is 19.7 Å². The molecule has 0 aromatic heterocycles. The van der Waals surface area contributed by atoms with Crippen molar-refractivity contribution in [1.29, 1.82) is 0 Å². The van der Waals surface area contributed by atoms with Crippen LogP contribution in [-0.4, -0.2) is 39.8 Å². The molecule has 0 heterocycles. The van der Waals surface area contributed by atoms with Crippen LogP contribution in [0.5, 0.6) is 11.5 Å². The Morgan fingerprint density at radius 1 is 1.08 bits per heavy atom. The van der Waals surface area contributed by atoms with Crippen molar-refractivity contribution in [2.24, 2.45) is 0 Å². The Labute approximate surface area is 141 Å². The summed E-state index contributed by atoms with van der Waals surface area (Å²) in [5.74, 6) is 1.10. The molecule has 7 nitrogen and oxygen atoms in total. The van der Waals surface area contributed by atoms with Crippen molar-refractivity contribution in [3.05, 3.63) is 48.0 Å². The van der Waals surface area contributed by atoms with Crippen molar-refractivity contribution in [2.75, 3.05) is 14.2 Å². The molecule has 3 N–H and O–H groups in total. The molecule has 0 amide bonds. The molecule has 0 aliphatic carbocycles. The third kappa shape index (κ3) is 4.27. The third-order valence-electron chi connectivity index (χ3n) is 3.41. The first-order valence-electron chi connectivity index (χ1n) is 7.04. The van der Waals surface area contributed by atoms with Crippen LogP contribution in [0.2, 0.25) is 0 Å². The van der Waals surface area contributed by atoms with E-state index in [4.69, 9.17) is 19.5 Å². The number of sulfonamides is 1. The van der Waals surface area contributed by atoms with Crippen molar-refractivity contribution in [3.63, 3.8) is 0 Å². The summed E-state index contributed by atoms with van der Waals surface area (Å²) in [6.07, 6.45) is 0. The summed E-state index contributed by atoms with van der Waals surface area (Å²) >= 11 is 0. The molecule has 2 aromatic carbocycles. The van der Waals surface area contributed by atoms with Crippen LogP contribution in [-0.2, 0) is 16.6 Å². The quantitative estimate of drug-likeness (QED) is 0.600. The first kappa shape index (κ1) is 18.3. The van der Waals surface area contributed by atoms with E-state index in [9.17, 15) is 8.42 Å². The Morgan fingerprint density at radius 2 is 1.83 bits per heavy atom. The largest absolute Gasteiger partial charge is 0.497 e. The van der Waals surface area contributed by atoms with E-state index in [2.05, 4.69) is 4.72 Å². The molecular formula is C15H18BNO6S. The number of nitrogens with one attached hydrogen (secondary N) is 1. The molecule has 0 radical (unpaired) electrons. The summed E-state index contributed by atoms with van der Waals surface area (Å²) in [5.41, 5.74) is 0.736. The van der Waals surface area contributed by atoms with Crippen molar-refractivity contribution < 1.29 is 27.9 Å². The molecule has 0 fully saturated rings. The van der Waals surface area contributed by atoms with Gasteiger partial charge in [-0.05, 0) is 23.7 Å². The lowest BCUT2D eigenvalue weighted by atomic mass is 9.81. The smallest absolute Gasteiger partial charge is 0.488 e. The van der Waals surface area contributed by atoms with E-state index in [1.807, 2.05) is 0 Å². The lowest BCUT2D eigenvalue weighted by molar-refractivity contribution is 0.390. The first-order valence-corrected chi connectivity index (χ1v) is 8.52. The maximum absolute atomic E-state index is 12.4. The van der Waals surface area contributed by atoms with Crippen LogP contribution in [0.25, 0.3) is 0 Å². The van der Waals surface area contributed by atoms with Crippen LogP contribution in [0.4, 0.5) is 0 Å². The van der Waals surface area contributed by atoms with Gasteiger partial charge in [-0.2, -0.15) is 0 Å². The average molecular weight is 351 g/mol. The van der Waals surface area contributed by atoms with Crippen molar-refractivity contribution in [2.45, 2.75) is 11.4 Å². The van der Waals surface area contributed by atoms with Crippen LogP contribution >= 0.6 is 0 Å². The fraction of sp³-hybridized carbons (Fsp3) is 0.200. The SMILES string of the molecule is COc1ccc(CNS(=O)(=O)c2cccc(B(O)O)c2)c(OC)c1. The molecule has 2 rings (SSSR count). The Hall–Kier alpha value is -2.07. The lowest BCUT2D eigenvalue weighted by Crippen LogP contribution is -2.31.